The molecule has 0 fully saturated rings. The molecule has 0 N–H and O–H groups in total. The molecule has 2 rings (SSSR count). The molecule has 0 radical (unpaired) electrons. The van der Waals surface area contributed by atoms with Crippen molar-refractivity contribution in [1.82, 2.24) is 0 Å². The highest BCUT2D eigenvalue weighted by atomic mass is 14.1. The van der Waals surface area contributed by atoms with E-state index in [-0.39, 0.29) is 7.43 Å². The summed E-state index contributed by atoms with van der Waals surface area (Å²) in [4.78, 5) is 0. The van der Waals surface area contributed by atoms with Gasteiger partial charge in [0, 0.05) is 0 Å². The molecule has 106 valence electrons. The Morgan fingerprint density at radius 2 is 1.44 bits per heavy atom. The van der Waals surface area contributed by atoms with E-state index in [9.17, 15) is 0 Å². The largest absolute Gasteiger partial charge is 0.0836 e. The first-order valence-corrected chi connectivity index (χ1v) is 7.12. The Morgan fingerprint density at radius 3 is 2.00 bits per heavy atom. The van der Waals surface area contributed by atoms with E-state index in [1.54, 1.807) is 0 Å². The molecule has 0 saturated carbocycles. The Hall–Kier alpha value is -1.04. The highest BCUT2D eigenvalue weighted by molar-refractivity contribution is 5.57. The number of allylic oxidation sites excluding steroid dienone is 1. The van der Waals surface area contributed by atoms with Gasteiger partial charge in [-0.2, -0.15) is 0 Å². The van der Waals surface area contributed by atoms with E-state index in [0.717, 1.165) is 0 Å². The standard InChI is InChI=1S/C11H12.3C2H6.CH4/c1-9-6-7-10-4-2-3-5-11(10)8-9;3*1-2;/h3,5-8H,2,4H2,1H3;3*1-2H3;1H4. The molecule has 0 saturated heterocycles. The average Bonchev–Trinajstić information content (AvgIpc) is 2.45. The minimum atomic E-state index is 0. The number of aryl methyl sites for hydroxylation is 2. The summed E-state index contributed by atoms with van der Waals surface area (Å²) < 4.78 is 0. The summed E-state index contributed by atoms with van der Waals surface area (Å²) in [5, 5.41) is 0. The van der Waals surface area contributed by atoms with Crippen molar-refractivity contribution in [3.05, 3.63) is 41.0 Å². The van der Waals surface area contributed by atoms with Crippen LogP contribution in [0.4, 0.5) is 0 Å². The van der Waals surface area contributed by atoms with Crippen LogP contribution in [0.5, 0.6) is 0 Å². The SMILES string of the molecule is C.CC.CC.CC.Cc1ccc2c(c1)C=CCC2. The summed E-state index contributed by atoms with van der Waals surface area (Å²) in [7, 11) is 0. The predicted molar refractivity (Wildman–Crippen MR) is 89.3 cm³/mol. The number of fused-ring (bicyclic) bond motifs is 1. The van der Waals surface area contributed by atoms with E-state index in [4.69, 9.17) is 0 Å². The van der Waals surface area contributed by atoms with Gasteiger partial charge in [-0.15, -0.1) is 0 Å². The molecular weight excluding hydrogens is 216 g/mol. The Labute approximate surface area is 116 Å². The minimum Gasteiger partial charge on any atom is -0.0836 e. The van der Waals surface area contributed by atoms with Gasteiger partial charge in [-0.05, 0) is 30.9 Å². The van der Waals surface area contributed by atoms with Gasteiger partial charge >= 0.3 is 0 Å². The third-order valence-corrected chi connectivity index (χ3v) is 2.18. The molecule has 0 heterocycles. The third-order valence-electron chi connectivity index (χ3n) is 2.18. The van der Waals surface area contributed by atoms with Gasteiger partial charge in [0.2, 0.25) is 0 Å². The van der Waals surface area contributed by atoms with Gasteiger partial charge in [-0.1, -0.05) is 84.9 Å². The Kier molecular flexibility index (Phi) is 19.7. The second-order valence-electron chi connectivity index (χ2n) is 3.14. The molecular formula is C18H34. The molecule has 18 heavy (non-hydrogen) atoms. The molecule has 0 aromatic heterocycles. The summed E-state index contributed by atoms with van der Waals surface area (Å²) in [6.07, 6.45) is 6.90. The normalized spacial score (nSPS) is 9.94. The summed E-state index contributed by atoms with van der Waals surface area (Å²) in [6.45, 7) is 14.1. The van der Waals surface area contributed by atoms with Crippen molar-refractivity contribution in [3.63, 3.8) is 0 Å². The van der Waals surface area contributed by atoms with Crippen LogP contribution in [0.3, 0.4) is 0 Å². The van der Waals surface area contributed by atoms with Crippen LogP contribution in [0, 0.1) is 6.92 Å². The Morgan fingerprint density at radius 1 is 0.889 bits per heavy atom. The zero-order valence-corrected chi connectivity index (χ0v) is 12.8. The molecule has 0 aliphatic heterocycles. The van der Waals surface area contributed by atoms with Crippen molar-refractivity contribution in [2.75, 3.05) is 0 Å². The highest BCUT2D eigenvalue weighted by Gasteiger charge is 2.02. The Bertz CT molecular complexity index is 295. The van der Waals surface area contributed by atoms with Crippen LogP contribution in [-0.4, -0.2) is 0 Å². The molecule has 1 aliphatic rings. The lowest BCUT2D eigenvalue weighted by atomic mass is 9.96. The molecule has 0 unspecified atom stereocenters. The molecule has 0 nitrogen and oxygen atoms in total. The maximum absolute atomic E-state index is 2.25. The molecule has 1 aliphatic carbocycles. The smallest absolute Gasteiger partial charge is 0.0225 e. The molecule has 0 bridgehead atoms. The zero-order valence-electron chi connectivity index (χ0n) is 12.8. The van der Waals surface area contributed by atoms with Crippen molar-refractivity contribution >= 4 is 6.08 Å². The summed E-state index contributed by atoms with van der Waals surface area (Å²) in [6, 6.07) is 6.69. The average molecular weight is 250 g/mol. The lowest BCUT2D eigenvalue weighted by Gasteiger charge is -2.09. The second kappa shape index (κ2) is 16.0. The van der Waals surface area contributed by atoms with E-state index in [2.05, 4.69) is 37.3 Å². The van der Waals surface area contributed by atoms with Gasteiger partial charge < -0.3 is 0 Å². The van der Waals surface area contributed by atoms with Gasteiger partial charge in [0.05, 0.1) is 0 Å². The molecule has 0 spiro atoms. The van der Waals surface area contributed by atoms with Crippen LogP contribution in [0.1, 0.15) is 72.1 Å². The maximum Gasteiger partial charge on any atom is -0.0225 e. The van der Waals surface area contributed by atoms with E-state index in [0.29, 0.717) is 0 Å². The first-order valence-electron chi connectivity index (χ1n) is 7.12. The van der Waals surface area contributed by atoms with Crippen LogP contribution >= 0.6 is 0 Å². The van der Waals surface area contributed by atoms with Crippen molar-refractivity contribution in [2.45, 2.75) is 68.7 Å². The van der Waals surface area contributed by atoms with Crippen LogP contribution < -0.4 is 0 Å². The fraction of sp³-hybridized carbons (Fsp3) is 0.556. The van der Waals surface area contributed by atoms with Crippen LogP contribution in [0.2, 0.25) is 0 Å². The van der Waals surface area contributed by atoms with E-state index in [1.165, 1.54) is 29.5 Å². The van der Waals surface area contributed by atoms with Gasteiger partial charge in [0.25, 0.3) is 0 Å². The molecule has 1 aromatic carbocycles. The predicted octanol–water partition coefficient (Wildman–Crippen LogP) is 6.67. The van der Waals surface area contributed by atoms with Crippen LogP contribution in [-0.2, 0) is 6.42 Å². The first kappa shape index (κ1) is 22.2. The maximum atomic E-state index is 2.25. The topological polar surface area (TPSA) is 0 Å². The van der Waals surface area contributed by atoms with Gasteiger partial charge in [-0.25, -0.2) is 0 Å². The van der Waals surface area contributed by atoms with Crippen molar-refractivity contribution in [3.8, 4) is 0 Å². The molecule has 0 atom stereocenters. The fourth-order valence-corrected chi connectivity index (χ4v) is 1.55. The van der Waals surface area contributed by atoms with E-state index in [1.807, 2.05) is 41.5 Å². The monoisotopic (exact) mass is 250 g/mol. The van der Waals surface area contributed by atoms with Crippen molar-refractivity contribution < 1.29 is 0 Å². The number of rotatable bonds is 0. The third kappa shape index (κ3) is 8.11. The van der Waals surface area contributed by atoms with Gasteiger partial charge in [0.1, 0.15) is 0 Å². The molecule has 0 heteroatoms. The van der Waals surface area contributed by atoms with Gasteiger partial charge in [0.15, 0.2) is 0 Å². The zero-order chi connectivity index (χ0) is 13.7. The highest BCUT2D eigenvalue weighted by Crippen LogP contribution is 2.19. The molecule has 1 aromatic rings. The number of hydrogen-bond donors (Lipinski definition) is 0. The Balaban J connectivity index is -0.000000285. The number of hydrogen-bond acceptors (Lipinski definition) is 0. The fourth-order valence-electron chi connectivity index (χ4n) is 1.55. The van der Waals surface area contributed by atoms with Crippen LogP contribution in [0.25, 0.3) is 6.08 Å². The lowest BCUT2D eigenvalue weighted by molar-refractivity contribution is 0.984. The van der Waals surface area contributed by atoms with Crippen molar-refractivity contribution in [2.24, 2.45) is 0 Å². The first-order chi connectivity index (χ1) is 8.36. The van der Waals surface area contributed by atoms with Crippen LogP contribution in [0.15, 0.2) is 24.3 Å². The summed E-state index contributed by atoms with van der Waals surface area (Å²) in [5.74, 6) is 0. The summed E-state index contributed by atoms with van der Waals surface area (Å²) in [5.41, 5.74) is 4.27. The van der Waals surface area contributed by atoms with Crippen molar-refractivity contribution in [1.29, 1.82) is 0 Å². The number of benzene rings is 1. The quantitative estimate of drug-likeness (QED) is 0.482. The van der Waals surface area contributed by atoms with E-state index >= 15 is 0 Å². The second-order valence-corrected chi connectivity index (χ2v) is 3.14. The summed E-state index contributed by atoms with van der Waals surface area (Å²) >= 11 is 0. The lowest BCUT2D eigenvalue weighted by Crippen LogP contribution is -1.93. The van der Waals surface area contributed by atoms with E-state index < -0.39 is 0 Å². The molecule has 0 amide bonds. The minimum absolute atomic E-state index is 0. The van der Waals surface area contributed by atoms with Gasteiger partial charge in [-0.3, -0.25) is 0 Å².